The predicted molar refractivity (Wildman–Crippen MR) is 77.2 cm³/mol. The summed E-state index contributed by atoms with van der Waals surface area (Å²) in [5.41, 5.74) is 4.29. The van der Waals surface area contributed by atoms with E-state index in [0.29, 0.717) is 5.92 Å². The number of furan rings is 1. The van der Waals surface area contributed by atoms with E-state index < -0.39 is 0 Å². The van der Waals surface area contributed by atoms with Crippen LogP contribution in [0, 0.1) is 19.8 Å². The summed E-state index contributed by atoms with van der Waals surface area (Å²) in [6.45, 7) is 10.3. The van der Waals surface area contributed by atoms with E-state index in [1.165, 1.54) is 5.56 Å². The van der Waals surface area contributed by atoms with Crippen LogP contribution in [0.1, 0.15) is 30.5 Å². The summed E-state index contributed by atoms with van der Waals surface area (Å²) in [6.07, 6.45) is 1.83. The molecule has 0 radical (unpaired) electrons. The monoisotopic (exact) mass is 265 g/mol. The first kappa shape index (κ1) is 13.4. The van der Waals surface area contributed by atoms with E-state index in [-0.39, 0.29) is 0 Å². The van der Waals surface area contributed by atoms with Crippen molar-refractivity contribution in [3.63, 3.8) is 0 Å². The maximum absolute atomic E-state index is 6.31. The van der Waals surface area contributed by atoms with E-state index in [4.69, 9.17) is 16.0 Å². The molecule has 0 fully saturated rings. The average molecular weight is 266 g/mol. The smallest absolute Gasteiger partial charge is 0.134 e. The number of rotatable bonds is 4. The second-order valence-electron chi connectivity index (χ2n) is 5.29. The number of aryl methyl sites for hydroxylation is 2. The first-order valence-electron chi connectivity index (χ1n) is 6.37. The Morgan fingerprint density at radius 1 is 1.33 bits per heavy atom. The van der Waals surface area contributed by atoms with Crippen LogP contribution in [0.3, 0.4) is 0 Å². The maximum atomic E-state index is 6.31. The Balaban J connectivity index is 2.32. The third-order valence-corrected chi connectivity index (χ3v) is 3.74. The molecule has 1 N–H and O–H groups in total. The van der Waals surface area contributed by atoms with E-state index in [9.17, 15) is 0 Å². The van der Waals surface area contributed by atoms with Gasteiger partial charge in [-0.25, -0.2) is 0 Å². The molecular weight excluding hydrogens is 246 g/mol. The lowest BCUT2D eigenvalue weighted by atomic mass is 10.0. The fraction of sp³-hybridized carbons (Fsp3) is 0.467. The summed E-state index contributed by atoms with van der Waals surface area (Å²) < 4.78 is 5.62. The van der Waals surface area contributed by atoms with Crippen molar-refractivity contribution >= 4 is 22.6 Å². The number of nitrogens with one attached hydrogen (secondary N) is 1. The Hall–Kier alpha value is -0.990. The molecule has 2 nitrogen and oxygen atoms in total. The van der Waals surface area contributed by atoms with Crippen molar-refractivity contribution in [3.05, 3.63) is 34.0 Å². The van der Waals surface area contributed by atoms with Crippen LogP contribution in [-0.4, -0.2) is 6.54 Å². The fourth-order valence-electron chi connectivity index (χ4n) is 2.23. The highest BCUT2D eigenvalue weighted by Crippen LogP contribution is 2.32. The molecule has 0 amide bonds. The van der Waals surface area contributed by atoms with Gasteiger partial charge in [0.2, 0.25) is 0 Å². The van der Waals surface area contributed by atoms with Gasteiger partial charge in [0.15, 0.2) is 0 Å². The topological polar surface area (TPSA) is 25.2 Å². The minimum atomic E-state index is 0.648. The maximum Gasteiger partial charge on any atom is 0.134 e. The fourth-order valence-corrected chi connectivity index (χ4v) is 2.38. The van der Waals surface area contributed by atoms with Gasteiger partial charge in [-0.2, -0.15) is 0 Å². The van der Waals surface area contributed by atoms with E-state index in [0.717, 1.165) is 40.2 Å². The van der Waals surface area contributed by atoms with Crippen molar-refractivity contribution in [2.24, 2.45) is 5.92 Å². The average Bonchev–Trinajstić information content (AvgIpc) is 2.69. The van der Waals surface area contributed by atoms with Crippen molar-refractivity contribution in [3.8, 4) is 0 Å². The number of hydrogen-bond acceptors (Lipinski definition) is 2. The van der Waals surface area contributed by atoms with E-state index in [2.05, 4.69) is 26.1 Å². The van der Waals surface area contributed by atoms with E-state index in [1.54, 1.807) is 0 Å². The molecule has 0 aliphatic heterocycles. The minimum absolute atomic E-state index is 0.648. The van der Waals surface area contributed by atoms with Crippen LogP contribution in [0.25, 0.3) is 11.0 Å². The van der Waals surface area contributed by atoms with Gasteiger partial charge in [-0.3, -0.25) is 0 Å². The third kappa shape index (κ3) is 2.55. The molecule has 1 aromatic heterocycles. The summed E-state index contributed by atoms with van der Waals surface area (Å²) in [5, 5.41) is 5.43. The molecule has 0 aliphatic carbocycles. The standard InChI is InChI=1S/C15H20ClNO/c1-9(2)6-17-7-12-8-18-13-5-10(3)15(16)11(4)14(12)13/h5,8-9,17H,6-7H2,1-4H3. The van der Waals surface area contributed by atoms with Gasteiger partial charge in [0, 0.05) is 22.5 Å². The number of benzene rings is 1. The lowest BCUT2D eigenvalue weighted by molar-refractivity contribution is 0.546. The van der Waals surface area contributed by atoms with Crippen molar-refractivity contribution in [2.45, 2.75) is 34.2 Å². The highest BCUT2D eigenvalue weighted by atomic mass is 35.5. The number of fused-ring (bicyclic) bond motifs is 1. The van der Waals surface area contributed by atoms with Crippen LogP contribution in [0.2, 0.25) is 5.02 Å². The zero-order valence-corrected chi connectivity index (χ0v) is 12.2. The summed E-state index contributed by atoms with van der Waals surface area (Å²) in [6, 6.07) is 2.01. The lowest BCUT2D eigenvalue weighted by Gasteiger charge is -2.08. The van der Waals surface area contributed by atoms with Crippen molar-refractivity contribution in [1.29, 1.82) is 0 Å². The van der Waals surface area contributed by atoms with Crippen molar-refractivity contribution in [1.82, 2.24) is 5.32 Å². The molecule has 18 heavy (non-hydrogen) atoms. The first-order valence-corrected chi connectivity index (χ1v) is 6.75. The van der Waals surface area contributed by atoms with Crippen LogP contribution in [0.15, 0.2) is 16.7 Å². The second kappa shape index (κ2) is 5.33. The van der Waals surface area contributed by atoms with Crippen LogP contribution in [-0.2, 0) is 6.54 Å². The van der Waals surface area contributed by atoms with Gasteiger partial charge in [0.1, 0.15) is 5.58 Å². The molecule has 1 heterocycles. The van der Waals surface area contributed by atoms with Gasteiger partial charge in [-0.05, 0) is 43.5 Å². The van der Waals surface area contributed by atoms with Gasteiger partial charge >= 0.3 is 0 Å². The van der Waals surface area contributed by atoms with Crippen LogP contribution < -0.4 is 5.32 Å². The Morgan fingerprint density at radius 2 is 2.06 bits per heavy atom. The van der Waals surface area contributed by atoms with Gasteiger partial charge < -0.3 is 9.73 Å². The zero-order valence-electron chi connectivity index (χ0n) is 11.4. The second-order valence-corrected chi connectivity index (χ2v) is 5.67. The quantitative estimate of drug-likeness (QED) is 0.884. The van der Waals surface area contributed by atoms with Crippen LogP contribution in [0.5, 0.6) is 0 Å². The predicted octanol–water partition coefficient (Wildman–Crippen LogP) is 4.45. The van der Waals surface area contributed by atoms with Crippen LogP contribution in [0.4, 0.5) is 0 Å². The van der Waals surface area contributed by atoms with Gasteiger partial charge in [0.25, 0.3) is 0 Å². The van der Waals surface area contributed by atoms with Gasteiger partial charge in [-0.15, -0.1) is 0 Å². The third-order valence-electron chi connectivity index (χ3n) is 3.16. The number of hydrogen-bond donors (Lipinski definition) is 1. The van der Waals surface area contributed by atoms with E-state index >= 15 is 0 Å². The molecule has 2 rings (SSSR count). The Morgan fingerprint density at radius 3 is 2.72 bits per heavy atom. The zero-order chi connectivity index (χ0) is 13.3. The molecular formula is C15H20ClNO. The highest BCUT2D eigenvalue weighted by Gasteiger charge is 2.12. The van der Waals surface area contributed by atoms with E-state index in [1.807, 2.05) is 19.3 Å². The van der Waals surface area contributed by atoms with Crippen molar-refractivity contribution < 1.29 is 4.42 Å². The Labute approximate surface area is 113 Å². The molecule has 0 saturated heterocycles. The number of halogens is 1. The molecule has 1 aromatic carbocycles. The molecule has 0 saturated carbocycles. The molecule has 0 atom stereocenters. The molecule has 3 heteroatoms. The highest BCUT2D eigenvalue weighted by molar-refractivity contribution is 6.33. The van der Waals surface area contributed by atoms with Crippen LogP contribution >= 0.6 is 11.6 Å². The minimum Gasteiger partial charge on any atom is -0.464 e. The largest absolute Gasteiger partial charge is 0.464 e. The van der Waals surface area contributed by atoms with Crippen molar-refractivity contribution in [2.75, 3.05) is 6.54 Å². The molecule has 0 spiro atoms. The SMILES string of the molecule is Cc1cc2occ(CNCC(C)C)c2c(C)c1Cl. The molecule has 0 bridgehead atoms. The summed E-state index contributed by atoms with van der Waals surface area (Å²) in [5.74, 6) is 0.648. The van der Waals surface area contributed by atoms with Gasteiger partial charge in [-0.1, -0.05) is 25.4 Å². The molecule has 98 valence electrons. The first-order chi connectivity index (χ1) is 8.50. The Bertz CT molecular complexity index is 557. The lowest BCUT2D eigenvalue weighted by Crippen LogP contribution is -2.18. The molecule has 2 aromatic rings. The summed E-state index contributed by atoms with van der Waals surface area (Å²) in [4.78, 5) is 0. The summed E-state index contributed by atoms with van der Waals surface area (Å²) >= 11 is 6.31. The molecule has 0 aliphatic rings. The molecule has 0 unspecified atom stereocenters. The van der Waals surface area contributed by atoms with Gasteiger partial charge in [0.05, 0.1) is 6.26 Å². The Kier molecular flexibility index (Phi) is 3.98. The normalized spacial score (nSPS) is 11.7. The summed E-state index contributed by atoms with van der Waals surface area (Å²) in [7, 11) is 0.